The zero-order chi connectivity index (χ0) is 10.6. The highest BCUT2D eigenvalue weighted by Crippen LogP contribution is 2.18. The first-order valence-corrected chi connectivity index (χ1v) is 4.29. The van der Waals surface area contributed by atoms with Gasteiger partial charge in [0.15, 0.2) is 0 Å². The Morgan fingerprint density at radius 1 is 1.64 bits per heavy atom. The van der Waals surface area contributed by atoms with Gasteiger partial charge in [0.1, 0.15) is 11.6 Å². The lowest BCUT2D eigenvalue weighted by atomic mass is 9.81. The van der Waals surface area contributed by atoms with E-state index >= 15 is 0 Å². The number of pyridine rings is 1. The van der Waals surface area contributed by atoms with Gasteiger partial charge in [-0.1, -0.05) is 24.3 Å². The Bertz CT molecular complexity index is 332. The molecule has 1 rings (SSSR count). The van der Waals surface area contributed by atoms with Crippen molar-refractivity contribution >= 4 is 24.2 Å². The zero-order valence-electron chi connectivity index (χ0n) is 7.35. The molecular formula is C8H9BClNO3. The summed E-state index contributed by atoms with van der Waals surface area (Å²) in [5.74, 6) is 0.164. The highest BCUT2D eigenvalue weighted by atomic mass is 35.5. The molecule has 2 N–H and O–H groups in total. The molecule has 0 unspecified atom stereocenters. The fraction of sp³-hybridized carbons (Fsp3) is 0.125. The first-order chi connectivity index (χ1) is 6.66. The zero-order valence-corrected chi connectivity index (χ0v) is 8.11. The Balaban J connectivity index is 2.95. The van der Waals surface area contributed by atoms with Crippen molar-refractivity contribution in [3.63, 3.8) is 0 Å². The van der Waals surface area contributed by atoms with Gasteiger partial charge in [0.25, 0.3) is 0 Å². The van der Waals surface area contributed by atoms with E-state index in [-0.39, 0.29) is 23.0 Å². The second-order valence-electron chi connectivity index (χ2n) is 2.49. The molecule has 0 aromatic carbocycles. The Hall–Kier alpha value is -1.04. The summed E-state index contributed by atoms with van der Waals surface area (Å²) < 4.78 is 5.09. The first-order valence-electron chi connectivity index (χ1n) is 3.91. The fourth-order valence-electron chi connectivity index (χ4n) is 0.876. The molecule has 0 spiro atoms. The number of hydrogen-bond acceptors (Lipinski definition) is 4. The molecule has 14 heavy (non-hydrogen) atoms. The van der Waals surface area contributed by atoms with Crippen molar-refractivity contribution in [3.8, 4) is 5.88 Å². The molecule has 0 fully saturated rings. The van der Waals surface area contributed by atoms with Crippen LogP contribution in [0.5, 0.6) is 5.88 Å². The minimum absolute atomic E-state index is 0.101. The Labute approximate surface area is 87.0 Å². The summed E-state index contributed by atoms with van der Waals surface area (Å²) in [7, 11) is -1.63. The Morgan fingerprint density at radius 2 is 2.36 bits per heavy atom. The van der Waals surface area contributed by atoms with E-state index in [1.807, 2.05) is 0 Å². The molecule has 0 aliphatic carbocycles. The van der Waals surface area contributed by atoms with E-state index in [4.69, 9.17) is 26.4 Å². The smallest absolute Gasteiger partial charge is 0.472 e. The summed E-state index contributed by atoms with van der Waals surface area (Å²) in [5, 5.41) is 17.9. The molecule has 0 bridgehead atoms. The maximum absolute atomic E-state index is 8.92. The van der Waals surface area contributed by atoms with Gasteiger partial charge in [0, 0.05) is 11.7 Å². The lowest BCUT2D eigenvalue weighted by Gasteiger charge is -2.07. The average molecular weight is 213 g/mol. The van der Waals surface area contributed by atoms with Gasteiger partial charge in [0.2, 0.25) is 5.88 Å². The van der Waals surface area contributed by atoms with Crippen LogP contribution in [0.15, 0.2) is 24.9 Å². The molecule has 0 amide bonds. The van der Waals surface area contributed by atoms with Crippen LogP contribution in [0.2, 0.25) is 5.02 Å². The van der Waals surface area contributed by atoms with E-state index in [2.05, 4.69) is 11.6 Å². The van der Waals surface area contributed by atoms with Gasteiger partial charge in [-0.25, -0.2) is 4.98 Å². The predicted molar refractivity (Wildman–Crippen MR) is 54.8 cm³/mol. The molecule has 0 aliphatic heterocycles. The molecular weight excluding hydrogens is 204 g/mol. The monoisotopic (exact) mass is 213 g/mol. The number of hydrogen-bond donors (Lipinski definition) is 2. The lowest BCUT2D eigenvalue weighted by molar-refractivity contribution is 0.349. The first kappa shape index (κ1) is 11.0. The number of aromatic nitrogens is 1. The molecule has 6 heteroatoms. The van der Waals surface area contributed by atoms with Gasteiger partial charge in [0.05, 0.1) is 0 Å². The van der Waals surface area contributed by atoms with Gasteiger partial charge in [-0.2, -0.15) is 0 Å². The third-order valence-corrected chi connectivity index (χ3v) is 1.88. The van der Waals surface area contributed by atoms with Gasteiger partial charge in [-0.3, -0.25) is 0 Å². The highest BCUT2D eigenvalue weighted by Gasteiger charge is 2.18. The summed E-state index contributed by atoms with van der Waals surface area (Å²) >= 11 is 5.80. The molecule has 1 aromatic rings. The van der Waals surface area contributed by atoms with Crippen molar-refractivity contribution in [2.24, 2.45) is 0 Å². The van der Waals surface area contributed by atoms with Crippen LogP contribution in [-0.4, -0.2) is 28.8 Å². The molecule has 0 aliphatic rings. The number of ether oxygens (including phenoxy) is 1. The third kappa shape index (κ3) is 2.48. The molecule has 0 saturated heterocycles. The summed E-state index contributed by atoms with van der Waals surface area (Å²) in [6.45, 7) is 3.73. The van der Waals surface area contributed by atoms with E-state index in [0.717, 1.165) is 0 Å². The van der Waals surface area contributed by atoms with Crippen LogP contribution in [0.1, 0.15) is 0 Å². The molecule has 0 radical (unpaired) electrons. The predicted octanol–water partition coefficient (Wildman–Crippen LogP) is -0.0204. The van der Waals surface area contributed by atoms with Crippen molar-refractivity contribution < 1.29 is 14.8 Å². The summed E-state index contributed by atoms with van der Waals surface area (Å²) in [5.41, 5.74) is 0.167. The van der Waals surface area contributed by atoms with Crippen LogP contribution in [0.3, 0.4) is 0 Å². The highest BCUT2D eigenvalue weighted by molar-refractivity contribution is 6.63. The molecule has 1 heterocycles. The van der Waals surface area contributed by atoms with Gasteiger partial charge >= 0.3 is 7.12 Å². The summed E-state index contributed by atoms with van der Waals surface area (Å²) in [6, 6.07) is 1.41. The van der Waals surface area contributed by atoms with Crippen LogP contribution in [-0.2, 0) is 0 Å². The van der Waals surface area contributed by atoms with Gasteiger partial charge < -0.3 is 14.8 Å². The maximum atomic E-state index is 8.92. The van der Waals surface area contributed by atoms with Crippen molar-refractivity contribution in [1.82, 2.24) is 4.98 Å². The molecule has 0 atom stereocenters. The van der Waals surface area contributed by atoms with Crippen molar-refractivity contribution in [3.05, 3.63) is 29.9 Å². The van der Waals surface area contributed by atoms with Crippen molar-refractivity contribution in [2.45, 2.75) is 0 Å². The quantitative estimate of drug-likeness (QED) is 0.545. The Kier molecular flexibility index (Phi) is 3.94. The van der Waals surface area contributed by atoms with E-state index < -0.39 is 7.12 Å². The maximum Gasteiger partial charge on any atom is 0.490 e. The van der Waals surface area contributed by atoms with Crippen LogP contribution in [0.25, 0.3) is 0 Å². The minimum atomic E-state index is -1.63. The van der Waals surface area contributed by atoms with E-state index in [0.29, 0.717) is 0 Å². The number of halogens is 1. The van der Waals surface area contributed by atoms with Crippen LogP contribution >= 0.6 is 11.6 Å². The average Bonchev–Trinajstić information content (AvgIpc) is 2.16. The van der Waals surface area contributed by atoms with Crippen LogP contribution in [0, 0.1) is 0 Å². The molecule has 74 valence electrons. The molecule has 1 aromatic heterocycles. The second-order valence-corrected chi connectivity index (χ2v) is 2.87. The lowest BCUT2D eigenvalue weighted by Crippen LogP contribution is -2.31. The summed E-state index contributed by atoms with van der Waals surface area (Å²) in [4.78, 5) is 3.83. The second kappa shape index (κ2) is 5.00. The molecule has 4 nitrogen and oxygen atoms in total. The standard InChI is InChI=1S/C8H9BClNO3/c1-2-5-14-8-7(10)6(9(12)13)3-4-11-8/h2-4,12-13H,1,5H2. The SMILES string of the molecule is C=CCOc1nccc(B(O)O)c1Cl. The van der Waals surface area contributed by atoms with Crippen LogP contribution < -0.4 is 10.2 Å². The fourth-order valence-corrected chi connectivity index (χ4v) is 1.14. The normalized spacial score (nSPS) is 9.64. The van der Waals surface area contributed by atoms with E-state index in [9.17, 15) is 0 Å². The number of rotatable bonds is 4. The van der Waals surface area contributed by atoms with E-state index in [1.54, 1.807) is 6.08 Å². The van der Waals surface area contributed by atoms with Gasteiger partial charge in [-0.05, 0) is 6.07 Å². The van der Waals surface area contributed by atoms with E-state index in [1.165, 1.54) is 12.3 Å². The number of nitrogens with zero attached hydrogens (tertiary/aromatic N) is 1. The third-order valence-electron chi connectivity index (χ3n) is 1.50. The topological polar surface area (TPSA) is 62.6 Å². The van der Waals surface area contributed by atoms with Crippen molar-refractivity contribution in [2.75, 3.05) is 6.61 Å². The Morgan fingerprint density at radius 3 is 2.93 bits per heavy atom. The molecule has 0 saturated carbocycles. The summed E-state index contributed by atoms with van der Waals surface area (Å²) in [6.07, 6.45) is 2.93. The van der Waals surface area contributed by atoms with Crippen molar-refractivity contribution in [1.29, 1.82) is 0 Å². The largest absolute Gasteiger partial charge is 0.490 e. The minimum Gasteiger partial charge on any atom is -0.472 e. The van der Waals surface area contributed by atoms with Crippen LogP contribution in [0.4, 0.5) is 0 Å². The van der Waals surface area contributed by atoms with Gasteiger partial charge in [-0.15, -0.1) is 0 Å².